The van der Waals surface area contributed by atoms with Crippen molar-refractivity contribution in [2.24, 2.45) is 0 Å². The average molecular weight is 289 g/mol. The van der Waals surface area contributed by atoms with E-state index in [0.29, 0.717) is 11.4 Å². The topological polar surface area (TPSA) is 104 Å². The Morgan fingerprint density at radius 2 is 1.95 bits per heavy atom. The zero-order valence-corrected chi connectivity index (χ0v) is 11.6. The van der Waals surface area contributed by atoms with Gasteiger partial charge in [0.2, 0.25) is 0 Å². The van der Waals surface area contributed by atoms with Crippen molar-refractivity contribution < 1.29 is 19.4 Å². The van der Waals surface area contributed by atoms with E-state index in [9.17, 15) is 9.59 Å². The fourth-order valence-corrected chi connectivity index (χ4v) is 1.71. The molecule has 110 valence electrons. The molecule has 7 nitrogen and oxygen atoms in total. The molecule has 21 heavy (non-hydrogen) atoms. The number of carboxylic acids is 1. The monoisotopic (exact) mass is 289 g/mol. The molecule has 1 amide bonds. The van der Waals surface area contributed by atoms with Gasteiger partial charge < -0.3 is 20.1 Å². The second-order valence-electron chi connectivity index (χ2n) is 4.58. The van der Waals surface area contributed by atoms with E-state index in [-0.39, 0.29) is 17.5 Å². The molecular weight excluding hydrogens is 274 g/mol. The summed E-state index contributed by atoms with van der Waals surface area (Å²) in [4.78, 5) is 29.0. The summed E-state index contributed by atoms with van der Waals surface area (Å²) in [6, 6.07) is 6.78. The van der Waals surface area contributed by atoms with Gasteiger partial charge in [0.05, 0.1) is 12.4 Å². The van der Waals surface area contributed by atoms with Crippen LogP contribution in [0.4, 0.5) is 5.69 Å². The molecule has 1 aromatic heterocycles. The highest BCUT2D eigenvalue weighted by Gasteiger charge is 2.19. The van der Waals surface area contributed by atoms with Gasteiger partial charge in [0.1, 0.15) is 5.75 Å². The molecule has 0 atom stereocenters. The summed E-state index contributed by atoms with van der Waals surface area (Å²) >= 11 is 0. The van der Waals surface area contributed by atoms with E-state index in [1.54, 1.807) is 24.3 Å². The van der Waals surface area contributed by atoms with Gasteiger partial charge in [-0.2, -0.15) is 0 Å². The molecule has 1 heterocycles. The van der Waals surface area contributed by atoms with Crippen molar-refractivity contribution in [3.05, 3.63) is 42.0 Å². The molecule has 0 radical (unpaired) electrons. The minimum absolute atomic E-state index is 0.0626. The lowest BCUT2D eigenvalue weighted by molar-refractivity contribution is 0.0686. The number of aromatic amines is 1. The molecule has 0 aliphatic carbocycles. The molecule has 0 aliphatic heterocycles. The van der Waals surface area contributed by atoms with Crippen molar-refractivity contribution in [2.45, 2.75) is 20.0 Å². The standard InChI is InChI=1S/C14H15N3O4/c1-8(2)21-10-5-3-9(4-6-10)17-13(18)11-12(14(19)20)16-7-15-11/h3-8H,1-2H3,(H,15,16)(H,17,18)(H,19,20). The largest absolute Gasteiger partial charge is 0.491 e. The van der Waals surface area contributed by atoms with E-state index in [0.717, 1.165) is 6.33 Å². The predicted molar refractivity (Wildman–Crippen MR) is 75.7 cm³/mol. The average Bonchev–Trinajstić information content (AvgIpc) is 2.90. The first-order chi connectivity index (χ1) is 9.97. The first-order valence-electron chi connectivity index (χ1n) is 6.32. The smallest absolute Gasteiger partial charge is 0.354 e. The molecule has 0 aliphatic rings. The number of H-pyrrole nitrogens is 1. The summed E-state index contributed by atoms with van der Waals surface area (Å²) in [6.45, 7) is 3.83. The van der Waals surface area contributed by atoms with E-state index in [4.69, 9.17) is 9.84 Å². The molecular formula is C14H15N3O4. The van der Waals surface area contributed by atoms with Crippen molar-refractivity contribution in [1.29, 1.82) is 0 Å². The van der Waals surface area contributed by atoms with E-state index in [1.807, 2.05) is 13.8 Å². The van der Waals surface area contributed by atoms with Gasteiger partial charge >= 0.3 is 5.97 Å². The first kappa shape index (κ1) is 14.6. The van der Waals surface area contributed by atoms with Crippen LogP contribution in [0.2, 0.25) is 0 Å². The number of aromatic carboxylic acids is 1. The first-order valence-corrected chi connectivity index (χ1v) is 6.32. The van der Waals surface area contributed by atoms with Crippen LogP contribution < -0.4 is 10.1 Å². The minimum atomic E-state index is -1.24. The van der Waals surface area contributed by atoms with Crippen LogP contribution >= 0.6 is 0 Å². The molecule has 2 aromatic rings. The van der Waals surface area contributed by atoms with E-state index >= 15 is 0 Å². The summed E-state index contributed by atoms with van der Waals surface area (Å²) in [6.07, 6.45) is 1.23. The van der Waals surface area contributed by atoms with Crippen molar-refractivity contribution in [2.75, 3.05) is 5.32 Å². The van der Waals surface area contributed by atoms with E-state index < -0.39 is 11.9 Å². The number of aromatic nitrogens is 2. The Kier molecular flexibility index (Phi) is 4.22. The summed E-state index contributed by atoms with van der Waals surface area (Å²) < 4.78 is 5.49. The van der Waals surface area contributed by atoms with Crippen LogP contribution in [0.1, 0.15) is 34.8 Å². The van der Waals surface area contributed by atoms with Crippen molar-refractivity contribution in [1.82, 2.24) is 9.97 Å². The molecule has 0 unspecified atom stereocenters. The summed E-state index contributed by atoms with van der Waals surface area (Å²) in [7, 11) is 0. The van der Waals surface area contributed by atoms with E-state index in [1.165, 1.54) is 0 Å². The number of nitrogens with zero attached hydrogens (tertiary/aromatic N) is 1. The normalized spacial score (nSPS) is 10.4. The van der Waals surface area contributed by atoms with Crippen molar-refractivity contribution >= 4 is 17.6 Å². The Morgan fingerprint density at radius 1 is 1.29 bits per heavy atom. The highest BCUT2D eigenvalue weighted by Crippen LogP contribution is 2.17. The Bertz CT molecular complexity index is 646. The van der Waals surface area contributed by atoms with Crippen LogP contribution in [0.3, 0.4) is 0 Å². The number of hydrogen-bond donors (Lipinski definition) is 3. The number of carbonyl (C=O) groups is 2. The van der Waals surface area contributed by atoms with Crippen molar-refractivity contribution in [3.8, 4) is 5.75 Å². The van der Waals surface area contributed by atoms with Crippen LogP contribution in [-0.4, -0.2) is 33.1 Å². The van der Waals surface area contributed by atoms with Crippen LogP contribution in [-0.2, 0) is 0 Å². The number of ether oxygens (including phenoxy) is 1. The molecule has 0 bridgehead atoms. The van der Waals surface area contributed by atoms with Gasteiger partial charge in [-0.25, -0.2) is 9.78 Å². The number of carboxylic acid groups (broad SMARTS) is 1. The number of amides is 1. The SMILES string of the molecule is CC(C)Oc1ccc(NC(=O)c2nc[nH]c2C(=O)O)cc1. The Balaban J connectivity index is 2.09. The number of hydrogen-bond acceptors (Lipinski definition) is 4. The summed E-state index contributed by atoms with van der Waals surface area (Å²) in [5, 5.41) is 11.5. The van der Waals surface area contributed by atoms with Crippen LogP contribution in [0, 0.1) is 0 Å². The lowest BCUT2D eigenvalue weighted by atomic mass is 10.2. The highest BCUT2D eigenvalue weighted by molar-refractivity contribution is 6.08. The number of anilines is 1. The third-order valence-electron chi connectivity index (χ3n) is 2.55. The number of benzene rings is 1. The van der Waals surface area contributed by atoms with E-state index in [2.05, 4.69) is 15.3 Å². The number of rotatable bonds is 5. The van der Waals surface area contributed by atoms with Crippen LogP contribution in [0.5, 0.6) is 5.75 Å². The quantitative estimate of drug-likeness (QED) is 0.782. The molecule has 2 rings (SSSR count). The maximum Gasteiger partial charge on any atom is 0.354 e. The zero-order chi connectivity index (χ0) is 15.4. The molecule has 0 fully saturated rings. The summed E-state index contributed by atoms with van der Waals surface area (Å²) in [5.74, 6) is -1.14. The molecule has 0 saturated carbocycles. The second-order valence-corrected chi connectivity index (χ2v) is 4.58. The van der Waals surface area contributed by atoms with Gasteiger partial charge in [-0.15, -0.1) is 0 Å². The third kappa shape index (κ3) is 3.59. The van der Waals surface area contributed by atoms with Crippen LogP contribution in [0.25, 0.3) is 0 Å². The van der Waals surface area contributed by atoms with Gasteiger partial charge in [0.15, 0.2) is 11.4 Å². The highest BCUT2D eigenvalue weighted by atomic mass is 16.5. The number of nitrogens with one attached hydrogen (secondary N) is 2. The lowest BCUT2D eigenvalue weighted by Crippen LogP contribution is -2.16. The number of carbonyl (C=O) groups excluding carboxylic acids is 1. The molecule has 7 heteroatoms. The molecule has 1 aromatic carbocycles. The van der Waals surface area contributed by atoms with Gasteiger partial charge in [-0.3, -0.25) is 4.79 Å². The molecule has 0 spiro atoms. The predicted octanol–water partition coefficient (Wildman–Crippen LogP) is 2.15. The zero-order valence-electron chi connectivity index (χ0n) is 11.6. The number of imidazole rings is 1. The van der Waals surface area contributed by atoms with Gasteiger partial charge in [0.25, 0.3) is 5.91 Å². The maximum absolute atomic E-state index is 12.0. The Morgan fingerprint density at radius 3 is 2.52 bits per heavy atom. The van der Waals surface area contributed by atoms with Crippen molar-refractivity contribution in [3.63, 3.8) is 0 Å². The summed E-state index contributed by atoms with van der Waals surface area (Å²) in [5.41, 5.74) is 0.118. The second kappa shape index (κ2) is 6.08. The lowest BCUT2D eigenvalue weighted by Gasteiger charge is -2.10. The third-order valence-corrected chi connectivity index (χ3v) is 2.55. The van der Waals surface area contributed by atoms with Gasteiger partial charge in [-0.05, 0) is 38.1 Å². The fourth-order valence-electron chi connectivity index (χ4n) is 1.71. The molecule has 3 N–H and O–H groups in total. The minimum Gasteiger partial charge on any atom is -0.491 e. The Hall–Kier alpha value is -2.83. The van der Waals surface area contributed by atoms with Crippen LogP contribution in [0.15, 0.2) is 30.6 Å². The maximum atomic E-state index is 12.0. The Labute approximate surface area is 121 Å². The van der Waals surface area contributed by atoms with Gasteiger partial charge in [-0.1, -0.05) is 0 Å². The molecule has 0 saturated heterocycles. The van der Waals surface area contributed by atoms with Gasteiger partial charge in [0, 0.05) is 5.69 Å². The fraction of sp³-hybridized carbons (Fsp3) is 0.214.